The van der Waals surface area contributed by atoms with Crippen LogP contribution in [0.2, 0.25) is 0 Å². The summed E-state index contributed by atoms with van der Waals surface area (Å²) in [5.41, 5.74) is 0. The van der Waals surface area contributed by atoms with Gasteiger partial charge < -0.3 is 14.9 Å². The summed E-state index contributed by atoms with van der Waals surface area (Å²) in [6.45, 7) is 5.08. The fourth-order valence-electron chi connectivity index (χ4n) is 0.349. The molecule has 3 nitrogen and oxygen atoms in total. The number of aliphatic hydroxyl groups excluding tert-OH is 2. The molecular formula is C8H20O3. The van der Waals surface area contributed by atoms with E-state index in [1.54, 1.807) is 7.11 Å². The lowest BCUT2D eigenvalue weighted by molar-refractivity contribution is 0.135. The summed E-state index contributed by atoms with van der Waals surface area (Å²) < 4.78 is 4.44. The van der Waals surface area contributed by atoms with Crippen LogP contribution in [0.15, 0.2) is 0 Å². The molecule has 0 saturated heterocycles. The first-order valence-electron chi connectivity index (χ1n) is 3.89. The van der Waals surface area contributed by atoms with E-state index in [1.165, 1.54) is 0 Å². The van der Waals surface area contributed by atoms with E-state index in [0.29, 0.717) is 19.1 Å². The second-order valence-corrected chi connectivity index (χ2v) is 2.62. The number of hydrogen-bond donors (Lipinski definition) is 2. The summed E-state index contributed by atoms with van der Waals surface area (Å²) >= 11 is 0. The van der Waals surface area contributed by atoms with Crippen LogP contribution in [0, 0.1) is 5.92 Å². The maximum absolute atomic E-state index is 8.24. The monoisotopic (exact) mass is 164 g/mol. The molecule has 0 aliphatic heterocycles. The van der Waals surface area contributed by atoms with Crippen molar-refractivity contribution >= 4 is 0 Å². The highest BCUT2D eigenvalue weighted by Gasteiger charge is 1.86. The van der Waals surface area contributed by atoms with Crippen molar-refractivity contribution in [1.82, 2.24) is 0 Å². The van der Waals surface area contributed by atoms with Crippen molar-refractivity contribution in [3.8, 4) is 0 Å². The van der Waals surface area contributed by atoms with E-state index < -0.39 is 0 Å². The van der Waals surface area contributed by atoms with Crippen LogP contribution >= 0.6 is 0 Å². The van der Waals surface area contributed by atoms with Gasteiger partial charge in [0.1, 0.15) is 0 Å². The molecule has 0 rings (SSSR count). The Bertz CT molecular complexity index is 53.3. The summed E-state index contributed by atoms with van der Waals surface area (Å²) in [5, 5.41) is 16.2. The molecule has 0 aliphatic rings. The van der Waals surface area contributed by atoms with Gasteiger partial charge in [0.15, 0.2) is 0 Å². The Hall–Kier alpha value is -0.120. The Morgan fingerprint density at radius 2 is 1.73 bits per heavy atom. The molecule has 0 saturated carbocycles. The van der Waals surface area contributed by atoms with Crippen molar-refractivity contribution in [2.24, 2.45) is 5.92 Å². The van der Waals surface area contributed by atoms with Crippen molar-refractivity contribution in [1.29, 1.82) is 0 Å². The Morgan fingerprint density at radius 1 is 1.18 bits per heavy atom. The normalized spacial score (nSPS) is 9.27. The van der Waals surface area contributed by atoms with E-state index in [9.17, 15) is 0 Å². The third-order valence-corrected chi connectivity index (χ3v) is 1.00. The Kier molecular flexibility index (Phi) is 15.4. The standard InChI is InChI=1S/C5H12O.C3H8O2/c1-5(2)3-4-6;1-5-3-2-4/h5-6H,3-4H2,1-2H3;4H,2-3H2,1H3. The van der Waals surface area contributed by atoms with Crippen LogP contribution in [-0.2, 0) is 4.74 Å². The molecule has 0 aromatic carbocycles. The molecule has 0 fully saturated rings. The minimum atomic E-state index is 0.122. The average Bonchev–Trinajstić information content (AvgIpc) is 1.90. The fraction of sp³-hybridized carbons (Fsp3) is 1.00. The van der Waals surface area contributed by atoms with Crippen LogP contribution in [0.5, 0.6) is 0 Å². The quantitative estimate of drug-likeness (QED) is 0.641. The molecule has 0 atom stereocenters. The second-order valence-electron chi connectivity index (χ2n) is 2.62. The molecule has 0 bridgehead atoms. The smallest absolute Gasteiger partial charge is 0.0693 e. The lowest BCUT2D eigenvalue weighted by Crippen LogP contribution is -1.91. The summed E-state index contributed by atoms with van der Waals surface area (Å²) in [6.07, 6.45) is 0.931. The van der Waals surface area contributed by atoms with Gasteiger partial charge in [0.25, 0.3) is 0 Å². The molecule has 70 valence electrons. The zero-order chi connectivity index (χ0) is 9.11. The number of methoxy groups -OCH3 is 1. The van der Waals surface area contributed by atoms with Crippen LogP contribution in [0.25, 0.3) is 0 Å². The van der Waals surface area contributed by atoms with E-state index in [0.717, 1.165) is 6.42 Å². The SMILES string of the molecule is CC(C)CCO.COCCO. The van der Waals surface area contributed by atoms with Crippen molar-refractivity contribution in [2.75, 3.05) is 26.9 Å². The average molecular weight is 164 g/mol. The van der Waals surface area contributed by atoms with Gasteiger partial charge in [-0.05, 0) is 12.3 Å². The third kappa shape index (κ3) is 25.8. The minimum Gasteiger partial charge on any atom is -0.396 e. The first-order valence-corrected chi connectivity index (χ1v) is 3.89. The molecule has 2 N–H and O–H groups in total. The molecule has 0 amide bonds. The van der Waals surface area contributed by atoms with Crippen LogP contribution in [-0.4, -0.2) is 37.1 Å². The number of aliphatic hydroxyl groups is 2. The van der Waals surface area contributed by atoms with E-state index in [2.05, 4.69) is 18.6 Å². The lowest BCUT2D eigenvalue weighted by atomic mass is 10.2. The molecule has 0 aliphatic carbocycles. The van der Waals surface area contributed by atoms with Crippen molar-refractivity contribution in [3.63, 3.8) is 0 Å². The predicted molar refractivity (Wildman–Crippen MR) is 45.5 cm³/mol. The van der Waals surface area contributed by atoms with Gasteiger partial charge in [-0.25, -0.2) is 0 Å². The molecule has 3 heteroatoms. The maximum Gasteiger partial charge on any atom is 0.0693 e. The molecule has 11 heavy (non-hydrogen) atoms. The highest BCUT2D eigenvalue weighted by molar-refractivity contribution is 4.38. The Labute approximate surface area is 69.0 Å². The van der Waals surface area contributed by atoms with E-state index >= 15 is 0 Å². The topological polar surface area (TPSA) is 49.7 Å². The van der Waals surface area contributed by atoms with Gasteiger partial charge >= 0.3 is 0 Å². The fourth-order valence-corrected chi connectivity index (χ4v) is 0.349. The van der Waals surface area contributed by atoms with Crippen molar-refractivity contribution in [2.45, 2.75) is 20.3 Å². The predicted octanol–water partition coefficient (Wildman–Crippen LogP) is 0.650. The van der Waals surface area contributed by atoms with E-state index in [-0.39, 0.29) is 6.61 Å². The molecule has 0 aromatic heterocycles. The first kappa shape index (κ1) is 13.5. The molecule has 0 aromatic rings. The van der Waals surface area contributed by atoms with Gasteiger partial charge in [0.05, 0.1) is 13.2 Å². The van der Waals surface area contributed by atoms with Gasteiger partial charge in [-0.2, -0.15) is 0 Å². The zero-order valence-corrected chi connectivity index (χ0v) is 7.71. The van der Waals surface area contributed by atoms with Crippen LogP contribution < -0.4 is 0 Å². The van der Waals surface area contributed by atoms with E-state index in [1.807, 2.05) is 0 Å². The number of rotatable bonds is 4. The van der Waals surface area contributed by atoms with Crippen LogP contribution in [0.3, 0.4) is 0 Å². The van der Waals surface area contributed by atoms with Crippen molar-refractivity contribution in [3.05, 3.63) is 0 Å². The molecule has 0 unspecified atom stereocenters. The summed E-state index contributed by atoms with van der Waals surface area (Å²) in [4.78, 5) is 0. The highest BCUT2D eigenvalue weighted by Crippen LogP contribution is 1.94. The Morgan fingerprint density at radius 3 is 1.73 bits per heavy atom. The van der Waals surface area contributed by atoms with Crippen LogP contribution in [0.4, 0.5) is 0 Å². The summed E-state index contributed by atoms with van der Waals surface area (Å²) in [6, 6.07) is 0. The summed E-state index contributed by atoms with van der Waals surface area (Å²) in [7, 11) is 1.55. The molecule has 0 spiro atoms. The van der Waals surface area contributed by atoms with Gasteiger partial charge in [-0.15, -0.1) is 0 Å². The second kappa shape index (κ2) is 12.5. The molecule has 0 heterocycles. The van der Waals surface area contributed by atoms with Crippen molar-refractivity contribution < 1.29 is 14.9 Å². The highest BCUT2D eigenvalue weighted by atomic mass is 16.5. The third-order valence-electron chi connectivity index (χ3n) is 1.00. The molecular weight excluding hydrogens is 144 g/mol. The Balaban J connectivity index is 0. The summed E-state index contributed by atoms with van der Waals surface area (Å²) in [5.74, 6) is 0.648. The minimum absolute atomic E-state index is 0.122. The largest absolute Gasteiger partial charge is 0.396 e. The lowest BCUT2D eigenvalue weighted by Gasteiger charge is -1.95. The molecule has 0 radical (unpaired) electrons. The number of ether oxygens (including phenoxy) is 1. The van der Waals surface area contributed by atoms with Gasteiger partial charge in [-0.1, -0.05) is 13.8 Å². The number of hydrogen-bond acceptors (Lipinski definition) is 3. The van der Waals surface area contributed by atoms with Gasteiger partial charge in [0, 0.05) is 13.7 Å². The van der Waals surface area contributed by atoms with Crippen LogP contribution in [0.1, 0.15) is 20.3 Å². The van der Waals surface area contributed by atoms with Gasteiger partial charge in [0.2, 0.25) is 0 Å². The zero-order valence-electron chi connectivity index (χ0n) is 7.71. The van der Waals surface area contributed by atoms with Gasteiger partial charge in [-0.3, -0.25) is 0 Å². The van der Waals surface area contributed by atoms with E-state index in [4.69, 9.17) is 10.2 Å². The first-order chi connectivity index (χ1) is 5.18. The maximum atomic E-state index is 8.24.